The molecule has 266 valence electrons. The minimum Gasteiger partial charge on any atom is -0.333 e. The van der Waals surface area contributed by atoms with Gasteiger partial charge in [-0.25, -0.2) is 9.78 Å². The van der Waals surface area contributed by atoms with Crippen LogP contribution >= 0.6 is 0 Å². The zero-order chi connectivity index (χ0) is 35.4. The van der Waals surface area contributed by atoms with Crippen LogP contribution in [0.25, 0.3) is 0 Å². The molecule has 6 aliphatic rings. The molecule has 1 atom stereocenters. The van der Waals surface area contributed by atoms with Crippen molar-refractivity contribution >= 4 is 35.3 Å². The molecule has 4 aliphatic carbocycles. The van der Waals surface area contributed by atoms with Crippen molar-refractivity contribution < 1.29 is 19.2 Å². The Hall–Kier alpha value is -4.77. The molecule has 3 aromatic rings. The van der Waals surface area contributed by atoms with Gasteiger partial charge in [-0.2, -0.15) is 0 Å². The minimum absolute atomic E-state index is 0.00997. The molecule has 2 aliphatic heterocycles. The third kappa shape index (κ3) is 5.85. The number of likely N-dealkylation sites (tertiary alicyclic amines) is 1. The lowest BCUT2D eigenvalue weighted by atomic mass is 9.50. The van der Waals surface area contributed by atoms with Gasteiger partial charge in [-0.05, 0) is 105 Å². The lowest BCUT2D eigenvalue weighted by molar-refractivity contribution is -0.147. The molecule has 3 heterocycles. The Balaban J connectivity index is 0.984. The Kier molecular flexibility index (Phi) is 8.36. The van der Waals surface area contributed by atoms with Gasteiger partial charge >= 0.3 is 6.03 Å². The number of piperidine rings is 1. The molecule has 4 fully saturated rings. The topological polar surface area (TPSA) is 136 Å². The van der Waals surface area contributed by atoms with Gasteiger partial charge in [-0.15, -0.1) is 0 Å². The number of benzene rings is 2. The lowest BCUT2D eigenvalue weighted by Crippen LogP contribution is -2.70. The molecule has 4 N–H and O–H groups in total. The molecule has 1 saturated heterocycles. The summed E-state index contributed by atoms with van der Waals surface area (Å²) in [5, 5.41) is 12.5. The monoisotopic (exact) mass is 689 g/mol. The van der Waals surface area contributed by atoms with Crippen molar-refractivity contribution in [2.75, 3.05) is 37.3 Å². The maximum atomic E-state index is 14.7. The molecule has 3 saturated carbocycles. The first kappa shape index (κ1) is 33.4. The molecule has 5 amide bonds. The summed E-state index contributed by atoms with van der Waals surface area (Å²) in [7, 11) is 1.89. The Morgan fingerprint density at radius 1 is 0.980 bits per heavy atom. The predicted octanol–water partition coefficient (Wildman–Crippen LogP) is 4.51. The van der Waals surface area contributed by atoms with E-state index >= 15 is 0 Å². The van der Waals surface area contributed by atoms with Crippen LogP contribution in [0.1, 0.15) is 73.3 Å². The van der Waals surface area contributed by atoms with Crippen LogP contribution in [0.4, 0.5) is 16.3 Å². The number of hydrogen-bond donors (Lipinski definition) is 4. The van der Waals surface area contributed by atoms with Crippen molar-refractivity contribution in [2.24, 2.45) is 11.3 Å². The molecular formula is C40H47N7O4. The Bertz CT molecular complexity index is 1890. The second-order valence-electron chi connectivity index (χ2n) is 15.6. The number of amides is 5. The number of fused-ring (bicyclic) bond motifs is 3. The molecule has 1 aromatic heterocycles. The van der Waals surface area contributed by atoms with Crippen molar-refractivity contribution in [3.8, 4) is 0 Å². The van der Waals surface area contributed by atoms with Crippen LogP contribution in [0.3, 0.4) is 0 Å². The Morgan fingerprint density at radius 2 is 1.73 bits per heavy atom. The first-order chi connectivity index (χ1) is 24.6. The van der Waals surface area contributed by atoms with Gasteiger partial charge in [-0.3, -0.25) is 14.4 Å². The van der Waals surface area contributed by atoms with Crippen LogP contribution < -0.4 is 21.3 Å². The Labute approximate surface area is 298 Å². The number of hydrogen-bond acceptors (Lipinski definition) is 6. The quantitative estimate of drug-likeness (QED) is 0.248. The van der Waals surface area contributed by atoms with Crippen molar-refractivity contribution in [1.29, 1.82) is 0 Å². The molecule has 2 aromatic carbocycles. The molecule has 0 unspecified atom stereocenters. The van der Waals surface area contributed by atoms with Crippen molar-refractivity contribution in [1.82, 2.24) is 25.4 Å². The normalized spacial score (nSPS) is 24.9. The number of urea groups is 1. The molecule has 2 bridgehead atoms. The minimum atomic E-state index is -0.694. The highest BCUT2D eigenvalue weighted by atomic mass is 16.2. The highest BCUT2D eigenvalue weighted by Gasteiger charge is 2.58. The number of rotatable bonds is 10. The summed E-state index contributed by atoms with van der Waals surface area (Å²) in [6.07, 6.45) is 7.79. The third-order valence-electron chi connectivity index (χ3n) is 12.5. The summed E-state index contributed by atoms with van der Waals surface area (Å²) >= 11 is 0. The third-order valence-corrected chi connectivity index (χ3v) is 12.5. The number of aromatic nitrogens is 1. The van der Waals surface area contributed by atoms with E-state index in [9.17, 15) is 19.2 Å². The number of pyridine rings is 1. The molecular weight excluding hydrogens is 642 g/mol. The first-order valence-corrected chi connectivity index (χ1v) is 18.4. The number of carbonyl (C=O) groups excluding carboxylic acids is 4. The fourth-order valence-electron chi connectivity index (χ4n) is 9.33. The maximum absolute atomic E-state index is 14.7. The van der Waals surface area contributed by atoms with Crippen molar-refractivity contribution in [2.45, 2.75) is 82.3 Å². The van der Waals surface area contributed by atoms with E-state index in [0.29, 0.717) is 69.8 Å². The van der Waals surface area contributed by atoms with Crippen LogP contribution in [0.15, 0.2) is 60.8 Å². The van der Waals surface area contributed by atoms with Crippen LogP contribution in [0, 0.1) is 11.3 Å². The highest BCUT2D eigenvalue weighted by Crippen LogP contribution is 2.57. The summed E-state index contributed by atoms with van der Waals surface area (Å²) in [4.78, 5) is 62.8. The van der Waals surface area contributed by atoms with E-state index in [2.05, 4.69) is 26.3 Å². The van der Waals surface area contributed by atoms with E-state index in [1.165, 1.54) is 0 Å². The molecule has 0 radical (unpaired) electrons. The van der Waals surface area contributed by atoms with Crippen LogP contribution in [-0.4, -0.2) is 70.8 Å². The average molecular weight is 690 g/mol. The SMILES string of the molecule is CCC1(C(=O)N(CC(=O)Nc2ccc3c(c2)C[C@@]2(C3)C(=O)Nc3ncccc32)Cc2ccccc2CNC)CCN(C(=O)NC23CC(C2)C3)CC1. The predicted molar refractivity (Wildman–Crippen MR) is 194 cm³/mol. The van der Waals surface area contributed by atoms with E-state index in [1.807, 2.05) is 73.5 Å². The lowest BCUT2D eigenvalue weighted by Gasteiger charge is -2.62. The fraction of sp³-hybridized carbons (Fsp3) is 0.475. The van der Waals surface area contributed by atoms with E-state index in [4.69, 9.17) is 0 Å². The molecule has 51 heavy (non-hydrogen) atoms. The van der Waals surface area contributed by atoms with Gasteiger partial charge in [0.15, 0.2) is 0 Å². The zero-order valence-electron chi connectivity index (χ0n) is 29.5. The molecule has 1 spiro atoms. The second-order valence-corrected chi connectivity index (χ2v) is 15.6. The van der Waals surface area contributed by atoms with Gasteiger partial charge in [0.1, 0.15) is 12.4 Å². The summed E-state index contributed by atoms with van der Waals surface area (Å²) in [5.41, 5.74) is 4.35. The van der Waals surface area contributed by atoms with E-state index in [-0.39, 0.29) is 35.8 Å². The molecule has 9 rings (SSSR count). The fourth-order valence-corrected chi connectivity index (χ4v) is 9.33. The molecule has 11 nitrogen and oxygen atoms in total. The van der Waals surface area contributed by atoms with E-state index < -0.39 is 10.8 Å². The summed E-state index contributed by atoms with van der Waals surface area (Å²) in [5.74, 6) is 1.03. The Morgan fingerprint density at radius 3 is 2.43 bits per heavy atom. The van der Waals surface area contributed by atoms with Gasteiger partial charge in [0, 0.05) is 49.2 Å². The number of carbonyl (C=O) groups is 4. The van der Waals surface area contributed by atoms with Crippen molar-refractivity contribution in [3.63, 3.8) is 0 Å². The largest absolute Gasteiger partial charge is 0.333 e. The van der Waals surface area contributed by atoms with Crippen LogP contribution in [-0.2, 0) is 45.7 Å². The summed E-state index contributed by atoms with van der Waals surface area (Å²) in [6.45, 7) is 3.90. The van der Waals surface area contributed by atoms with Gasteiger partial charge in [0.25, 0.3) is 0 Å². The van der Waals surface area contributed by atoms with Crippen LogP contribution in [0.5, 0.6) is 0 Å². The smallest absolute Gasteiger partial charge is 0.317 e. The van der Waals surface area contributed by atoms with E-state index in [0.717, 1.165) is 53.0 Å². The number of anilines is 2. The highest BCUT2D eigenvalue weighted by molar-refractivity contribution is 6.06. The summed E-state index contributed by atoms with van der Waals surface area (Å²) < 4.78 is 0. The zero-order valence-corrected chi connectivity index (χ0v) is 29.5. The average Bonchev–Trinajstić information content (AvgIpc) is 3.62. The molecule has 11 heteroatoms. The first-order valence-electron chi connectivity index (χ1n) is 18.4. The van der Waals surface area contributed by atoms with E-state index in [1.54, 1.807) is 11.1 Å². The maximum Gasteiger partial charge on any atom is 0.317 e. The van der Waals surface area contributed by atoms with Crippen LogP contribution in [0.2, 0.25) is 0 Å². The number of nitrogens with zero attached hydrogens (tertiary/aromatic N) is 3. The second kappa shape index (κ2) is 12.8. The van der Waals surface area contributed by atoms with Gasteiger partial charge < -0.3 is 31.1 Å². The van der Waals surface area contributed by atoms with Gasteiger partial charge in [0.2, 0.25) is 17.7 Å². The summed E-state index contributed by atoms with van der Waals surface area (Å²) in [6, 6.07) is 17.6. The van der Waals surface area contributed by atoms with Gasteiger partial charge in [0.05, 0.1) is 10.8 Å². The number of nitrogens with one attached hydrogen (secondary N) is 4. The standard InChI is InChI=1S/C40H47N7O4/c1-3-38(12-15-46(16-13-38)37(51)45-39-18-26(19-39)20-39)36(50)47(24-29-8-5-4-7-28(29)23-41-2)25-33(48)43-31-11-10-27-21-40(22-30(27)17-31)32-9-6-14-42-34(32)44-35(40)49/h4-11,14,17,26,41H,3,12-13,15-16,18-25H2,1-2H3,(H,43,48)(H,45,51)(H,42,44,49)/t26?,39?,40-/m1/s1. The van der Waals surface area contributed by atoms with Crippen molar-refractivity contribution in [3.05, 3.63) is 88.6 Å². The van der Waals surface area contributed by atoms with Gasteiger partial charge in [-0.1, -0.05) is 43.3 Å².